The fourth-order valence-corrected chi connectivity index (χ4v) is 1.80. The minimum Gasteiger partial charge on any atom is -0.508 e. The van der Waals surface area contributed by atoms with Crippen LogP contribution in [0.2, 0.25) is 0 Å². The summed E-state index contributed by atoms with van der Waals surface area (Å²) in [6.07, 6.45) is 0. The van der Waals surface area contributed by atoms with Gasteiger partial charge in [0.15, 0.2) is 5.75 Å². The maximum Gasteiger partial charge on any atom is 0.221 e. The van der Waals surface area contributed by atoms with Crippen molar-refractivity contribution in [3.05, 3.63) is 24.3 Å². The van der Waals surface area contributed by atoms with E-state index >= 15 is 0 Å². The number of hydrogen-bond donors (Lipinski definition) is 4. The highest BCUT2D eigenvalue weighted by molar-refractivity contribution is 6.07. The van der Waals surface area contributed by atoms with Crippen molar-refractivity contribution in [2.24, 2.45) is 5.11 Å². The summed E-state index contributed by atoms with van der Waals surface area (Å²) in [6, 6.07) is 5.85. The molecule has 4 N–H and O–H groups in total. The standard InChI is InChI=1S/C12H11N3O3/c1-6(16)14-10-5-8(17)4-7-2-3-9(15-13)12(18)11(7)10/h2-5,13,17-18H,1H3,(H,14,16). The summed E-state index contributed by atoms with van der Waals surface area (Å²) in [7, 11) is 0. The topological polar surface area (TPSA) is 106 Å². The summed E-state index contributed by atoms with van der Waals surface area (Å²) in [5, 5.41) is 26.1. The number of carbonyl (C=O) groups excluding carboxylic acids is 1. The minimum atomic E-state index is -0.325. The predicted molar refractivity (Wildman–Crippen MR) is 66.4 cm³/mol. The molecule has 0 aliphatic heterocycles. The van der Waals surface area contributed by atoms with Crippen molar-refractivity contribution in [3.8, 4) is 11.5 Å². The predicted octanol–water partition coefficient (Wildman–Crippen LogP) is 2.87. The molecule has 0 saturated heterocycles. The summed E-state index contributed by atoms with van der Waals surface area (Å²) in [5.74, 6) is -0.554. The van der Waals surface area contributed by atoms with Gasteiger partial charge in [-0.1, -0.05) is 6.07 Å². The maximum absolute atomic E-state index is 11.1. The average molecular weight is 245 g/mol. The van der Waals surface area contributed by atoms with E-state index in [9.17, 15) is 15.0 Å². The number of benzene rings is 2. The van der Waals surface area contributed by atoms with E-state index in [1.807, 2.05) is 0 Å². The third-order valence-electron chi connectivity index (χ3n) is 2.48. The summed E-state index contributed by atoms with van der Waals surface area (Å²) < 4.78 is 0. The van der Waals surface area contributed by atoms with Gasteiger partial charge < -0.3 is 15.5 Å². The monoisotopic (exact) mass is 245 g/mol. The van der Waals surface area contributed by atoms with Crippen LogP contribution >= 0.6 is 0 Å². The van der Waals surface area contributed by atoms with E-state index in [2.05, 4.69) is 10.4 Å². The summed E-state index contributed by atoms with van der Waals surface area (Å²) in [6.45, 7) is 1.33. The lowest BCUT2D eigenvalue weighted by Crippen LogP contribution is -2.06. The molecular weight excluding hydrogens is 234 g/mol. The zero-order chi connectivity index (χ0) is 13.3. The largest absolute Gasteiger partial charge is 0.508 e. The molecule has 0 fully saturated rings. The van der Waals surface area contributed by atoms with Gasteiger partial charge in [0.1, 0.15) is 11.4 Å². The number of phenols is 2. The molecule has 0 aliphatic rings. The number of aromatic hydroxyl groups is 2. The number of amides is 1. The quantitative estimate of drug-likeness (QED) is 0.611. The zero-order valence-corrected chi connectivity index (χ0v) is 9.56. The van der Waals surface area contributed by atoms with Gasteiger partial charge in [-0.25, -0.2) is 5.53 Å². The Bertz CT molecular complexity index is 653. The first-order chi connectivity index (χ1) is 8.52. The van der Waals surface area contributed by atoms with Crippen molar-refractivity contribution in [1.82, 2.24) is 0 Å². The molecule has 0 unspecified atom stereocenters. The third kappa shape index (κ3) is 1.95. The van der Waals surface area contributed by atoms with Crippen LogP contribution in [-0.2, 0) is 4.79 Å². The lowest BCUT2D eigenvalue weighted by Gasteiger charge is -2.10. The molecule has 0 spiro atoms. The van der Waals surface area contributed by atoms with Crippen molar-refractivity contribution in [2.45, 2.75) is 6.92 Å². The first-order valence-corrected chi connectivity index (χ1v) is 5.16. The van der Waals surface area contributed by atoms with E-state index in [-0.39, 0.29) is 28.8 Å². The molecule has 6 heteroatoms. The summed E-state index contributed by atoms with van der Waals surface area (Å²) >= 11 is 0. The van der Waals surface area contributed by atoms with Crippen LogP contribution in [0.1, 0.15) is 6.92 Å². The molecule has 0 aromatic heterocycles. The molecule has 92 valence electrons. The lowest BCUT2D eigenvalue weighted by molar-refractivity contribution is -0.114. The number of hydrogen-bond acceptors (Lipinski definition) is 5. The number of phenolic OH excluding ortho intramolecular Hbond substituents is 2. The van der Waals surface area contributed by atoms with Gasteiger partial charge in [-0.3, -0.25) is 4.79 Å². The van der Waals surface area contributed by atoms with Gasteiger partial charge in [0.25, 0.3) is 0 Å². The van der Waals surface area contributed by atoms with E-state index in [0.29, 0.717) is 10.8 Å². The Morgan fingerprint density at radius 2 is 2.06 bits per heavy atom. The molecule has 1 amide bonds. The van der Waals surface area contributed by atoms with E-state index in [1.54, 1.807) is 6.07 Å². The fraction of sp³-hybridized carbons (Fsp3) is 0.0833. The van der Waals surface area contributed by atoms with Crippen molar-refractivity contribution < 1.29 is 15.0 Å². The van der Waals surface area contributed by atoms with Gasteiger partial charge in [0, 0.05) is 18.4 Å². The highest BCUT2D eigenvalue weighted by atomic mass is 16.3. The van der Waals surface area contributed by atoms with Gasteiger partial charge in [0.2, 0.25) is 5.91 Å². The normalized spacial score (nSPS) is 10.3. The first kappa shape index (κ1) is 11.8. The number of carbonyl (C=O) groups is 1. The van der Waals surface area contributed by atoms with Crippen molar-refractivity contribution in [3.63, 3.8) is 0 Å². The molecule has 18 heavy (non-hydrogen) atoms. The van der Waals surface area contributed by atoms with Gasteiger partial charge in [-0.05, 0) is 17.5 Å². The Labute approximate surface area is 102 Å². The molecule has 0 aliphatic carbocycles. The second-order valence-corrected chi connectivity index (χ2v) is 3.82. The van der Waals surface area contributed by atoms with E-state index < -0.39 is 0 Å². The fourth-order valence-electron chi connectivity index (χ4n) is 1.80. The molecule has 0 bridgehead atoms. The third-order valence-corrected chi connectivity index (χ3v) is 2.48. The van der Waals surface area contributed by atoms with E-state index in [1.165, 1.54) is 25.1 Å². The Kier molecular flexibility index (Phi) is 2.85. The van der Waals surface area contributed by atoms with Crippen LogP contribution in [0.5, 0.6) is 11.5 Å². The number of nitrogens with one attached hydrogen (secondary N) is 2. The van der Waals surface area contributed by atoms with Crippen molar-refractivity contribution >= 4 is 28.1 Å². The minimum absolute atomic E-state index is 0.0267. The maximum atomic E-state index is 11.1. The van der Waals surface area contributed by atoms with Crippen LogP contribution in [0.3, 0.4) is 0 Å². The molecule has 2 aromatic carbocycles. The van der Waals surface area contributed by atoms with Gasteiger partial charge in [-0.2, -0.15) is 5.11 Å². The highest BCUT2D eigenvalue weighted by Gasteiger charge is 2.12. The van der Waals surface area contributed by atoms with Gasteiger partial charge >= 0.3 is 0 Å². The van der Waals surface area contributed by atoms with Gasteiger partial charge in [-0.15, -0.1) is 0 Å². The van der Waals surface area contributed by atoms with Crippen LogP contribution in [0, 0.1) is 5.53 Å². The molecule has 6 nitrogen and oxygen atoms in total. The summed E-state index contributed by atoms with van der Waals surface area (Å²) in [4.78, 5) is 11.1. The molecule has 0 radical (unpaired) electrons. The van der Waals surface area contributed by atoms with Crippen LogP contribution in [0.25, 0.3) is 10.8 Å². The van der Waals surface area contributed by atoms with Crippen LogP contribution in [0.15, 0.2) is 29.4 Å². The van der Waals surface area contributed by atoms with Crippen LogP contribution < -0.4 is 5.32 Å². The summed E-state index contributed by atoms with van der Waals surface area (Å²) in [5.41, 5.74) is 7.32. The number of rotatable bonds is 2. The first-order valence-electron chi connectivity index (χ1n) is 5.16. The molecule has 0 heterocycles. The van der Waals surface area contributed by atoms with Crippen molar-refractivity contribution in [2.75, 3.05) is 5.32 Å². The van der Waals surface area contributed by atoms with Crippen LogP contribution in [-0.4, -0.2) is 16.1 Å². The number of nitrogens with zero attached hydrogens (tertiary/aromatic N) is 1. The molecule has 2 rings (SSSR count). The van der Waals surface area contributed by atoms with Crippen molar-refractivity contribution in [1.29, 1.82) is 5.53 Å². The van der Waals surface area contributed by atoms with E-state index in [0.717, 1.165) is 0 Å². The Morgan fingerprint density at radius 3 is 2.67 bits per heavy atom. The van der Waals surface area contributed by atoms with Gasteiger partial charge in [0.05, 0.1) is 5.69 Å². The number of fused-ring (bicyclic) bond motifs is 1. The SMILES string of the molecule is CC(=O)Nc1cc(O)cc2ccc(N=N)c(O)c12. The molecular formula is C12H11N3O3. The number of anilines is 1. The molecule has 2 aromatic rings. The Hall–Kier alpha value is -2.63. The molecule has 0 saturated carbocycles. The second-order valence-electron chi connectivity index (χ2n) is 3.82. The zero-order valence-electron chi connectivity index (χ0n) is 9.56. The Balaban J connectivity index is 2.81. The second kappa shape index (κ2) is 4.33. The molecule has 0 atom stereocenters. The smallest absolute Gasteiger partial charge is 0.221 e. The van der Waals surface area contributed by atoms with Crippen LogP contribution in [0.4, 0.5) is 11.4 Å². The Morgan fingerprint density at radius 1 is 1.33 bits per heavy atom. The average Bonchev–Trinajstić information content (AvgIpc) is 2.27. The lowest BCUT2D eigenvalue weighted by atomic mass is 10.1. The van der Waals surface area contributed by atoms with E-state index in [4.69, 9.17) is 5.53 Å². The highest BCUT2D eigenvalue weighted by Crippen LogP contribution is 2.40.